The maximum absolute atomic E-state index is 12.5. The lowest BCUT2D eigenvalue weighted by atomic mass is 10.1. The zero-order valence-electron chi connectivity index (χ0n) is 13.2. The normalized spacial score (nSPS) is 15.2. The van der Waals surface area contributed by atoms with E-state index >= 15 is 0 Å². The third-order valence-corrected chi connectivity index (χ3v) is 4.03. The molecular weight excluding hydrogens is 278 g/mol. The number of benzene rings is 1. The molecule has 22 heavy (non-hydrogen) atoms. The van der Waals surface area contributed by atoms with Crippen LogP contribution in [0.4, 0.5) is 16.3 Å². The lowest BCUT2D eigenvalue weighted by molar-refractivity contribution is 0.209. The number of aromatic nitrogens is 2. The maximum atomic E-state index is 12.5. The fourth-order valence-electron chi connectivity index (χ4n) is 2.73. The molecule has 0 bridgehead atoms. The summed E-state index contributed by atoms with van der Waals surface area (Å²) in [4.78, 5) is 16.2. The van der Waals surface area contributed by atoms with Gasteiger partial charge < -0.3 is 10.6 Å². The molecule has 3 rings (SSSR count). The van der Waals surface area contributed by atoms with Gasteiger partial charge in [-0.25, -0.2) is 4.79 Å². The van der Waals surface area contributed by atoms with E-state index in [0.29, 0.717) is 12.4 Å². The highest BCUT2D eigenvalue weighted by Gasteiger charge is 2.31. The van der Waals surface area contributed by atoms with Crippen LogP contribution < -0.4 is 10.6 Å². The Balaban J connectivity index is 1.90. The first-order valence-corrected chi connectivity index (χ1v) is 7.45. The summed E-state index contributed by atoms with van der Waals surface area (Å²) in [5, 5.41) is 4.39. The van der Waals surface area contributed by atoms with Crippen molar-refractivity contribution in [2.24, 2.45) is 7.05 Å². The van der Waals surface area contributed by atoms with E-state index in [1.807, 2.05) is 61.0 Å². The third kappa shape index (κ3) is 2.41. The van der Waals surface area contributed by atoms with Gasteiger partial charge >= 0.3 is 6.03 Å². The van der Waals surface area contributed by atoms with Crippen molar-refractivity contribution in [3.63, 3.8) is 0 Å². The van der Waals surface area contributed by atoms with Crippen LogP contribution in [0.2, 0.25) is 0 Å². The van der Waals surface area contributed by atoms with Crippen LogP contribution in [0.3, 0.4) is 0 Å². The number of carbonyl (C=O) groups is 1. The predicted octanol–water partition coefficient (Wildman–Crippen LogP) is 2.32. The van der Waals surface area contributed by atoms with Crippen molar-refractivity contribution in [2.45, 2.75) is 19.9 Å². The molecule has 1 aliphatic heterocycles. The summed E-state index contributed by atoms with van der Waals surface area (Å²) in [6.07, 6.45) is 0. The van der Waals surface area contributed by atoms with Gasteiger partial charge in [0.2, 0.25) is 0 Å². The fourth-order valence-corrected chi connectivity index (χ4v) is 2.73. The Bertz CT molecular complexity index is 687. The molecule has 6 heteroatoms. The van der Waals surface area contributed by atoms with E-state index in [2.05, 4.69) is 5.10 Å². The van der Waals surface area contributed by atoms with Gasteiger partial charge in [0.05, 0.1) is 5.69 Å². The van der Waals surface area contributed by atoms with E-state index < -0.39 is 0 Å². The Kier molecular flexibility index (Phi) is 3.52. The minimum absolute atomic E-state index is 0.0627. The molecule has 1 aromatic carbocycles. The van der Waals surface area contributed by atoms with Crippen LogP contribution in [0.1, 0.15) is 13.8 Å². The van der Waals surface area contributed by atoms with E-state index in [9.17, 15) is 4.79 Å². The van der Waals surface area contributed by atoms with Crippen LogP contribution in [0.5, 0.6) is 0 Å². The van der Waals surface area contributed by atoms with E-state index in [1.165, 1.54) is 0 Å². The van der Waals surface area contributed by atoms with Gasteiger partial charge in [0.15, 0.2) is 0 Å². The quantitative estimate of drug-likeness (QED) is 0.945. The molecule has 2 heterocycles. The van der Waals surface area contributed by atoms with E-state index in [1.54, 1.807) is 4.68 Å². The van der Waals surface area contributed by atoms with E-state index in [4.69, 9.17) is 5.73 Å². The summed E-state index contributed by atoms with van der Waals surface area (Å²) in [5.74, 6) is 0.614. The number of nitrogens with two attached hydrogens (primary N) is 1. The highest BCUT2D eigenvalue weighted by molar-refractivity contribution is 5.95. The minimum Gasteiger partial charge on any atom is -0.384 e. The summed E-state index contributed by atoms with van der Waals surface area (Å²) in [6, 6.07) is 9.99. The third-order valence-electron chi connectivity index (χ3n) is 4.03. The zero-order chi connectivity index (χ0) is 15.9. The zero-order valence-corrected chi connectivity index (χ0v) is 13.2. The molecule has 0 atom stereocenters. The molecule has 2 amide bonds. The smallest absolute Gasteiger partial charge is 0.324 e. The Morgan fingerprint density at radius 1 is 1.23 bits per heavy atom. The number of amides is 2. The SMILES string of the molecule is CC(C)N1CCN(c2cccc(-c3cc(N)n(C)n3)c2)C1=O. The Labute approximate surface area is 130 Å². The predicted molar refractivity (Wildman–Crippen MR) is 87.6 cm³/mol. The highest BCUT2D eigenvalue weighted by Crippen LogP contribution is 2.27. The molecule has 0 aliphatic carbocycles. The average Bonchev–Trinajstić information content (AvgIpc) is 3.03. The Morgan fingerprint density at radius 2 is 2.00 bits per heavy atom. The molecule has 0 unspecified atom stereocenters. The first-order chi connectivity index (χ1) is 10.5. The van der Waals surface area contributed by atoms with Crippen LogP contribution >= 0.6 is 0 Å². The molecule has 1 aliphatic rings. The van der Waals surface area contributed by atoms with Crippen molar-refractivity contribution in [1.29, 1.82) is 0 Å². The summed E-state index contributed by atoms with van der Waals surface area (Å²) < 4.78 is 1.64. The molecule has 1 aromatic heterocycles. The summed E-state index contributed by atoms with van der Waals surface area (Å²) in [5.41, 5.74) is 8.51. The van der Waals surface area contributed by atoms with Crippen LogP contribution in [0.15, 0.2) is 30.3 Å². The topological polar surface area (TPSA) is 67.4 Å². The van der Waals surface area contributed by atoms with Gasteiger partial charge in [-0.15, -0.1) is 0 Å². The minimum atomic E-state index is 0.0627. The number of nitrogens with zero attached hydrogens (tertiary/aromatic N) is 4. The lowest BCUT2D eigenvalue weighted by Gasteiger charge is -2.22. The van der Waals surface area contributed by atoms with E-state index in [0.717, 1.165) is 23.5 Å². The van der Waals surface area contributed by atoms with Gasteiger partial charge in [0.1, 0.15) is 5.82 Å². The van der Waals surface area contributed by atoms with Gasteiger partial charge in [-0.2, -0.15) is 5.10 Å². The van der Waals surface area contributed by atoms with Crippen molar-refractivity contribution >= 4 is 17.5 Å². The number of nitrogen functional groups attached to an aromatic ring is 1. The van der Waals surface area contributed by atoms with Gasteiger partial charge in [-0.05, 0) is 26.0 Å². The number of carbonyl (C=O) groups excluding carboxylic acids is 1. The fraction of sp³-hybridized carbons (Fsp3) is 0.375. The molecule has 0 saturated carbocycles. The number of anilines is 2. The van der Waals surface area contributed by atoms with Gasteiger partial charge in [-0.3, -0.25) is 9.58 Å². The first-order valence-electron chi connectivity index (χ1n) is 7.45. The largest absolute Gasteiger partial charge is 0.384 e. The molecule has 0 radical (unpaired) electrons. The van der Waals surface area contributed by atoms with Crippen LogP contribution in [-0.4, -0.2) is 39.8 Å². The van der Waals surface area contributed by atoms with E-state index in [-0.39, 0.29) is 12.1 Å². The van der Waals surface area contributed by atoms with Crippen LogP contribution in [0, 0.1) is 0 Å². The maximum Gasteiger partial charge on any atom is 0.324 e. The van der Waals surface area contributed by atoms with Crippen molar-refractivity contribution in [3.8, 4) is 11.3 Å². The van der Waals surface area contributed by atoms with Crippen molar-refractivity contribution < 1.29 is 4.79 Å². The molecule has 1 fully saturated rings. The molecule has 1 saturated heterocycles. The molecule has 2 N–H and O–H groups in total. The summed E-state index contributed by atoms with van der Waals surface area (Å²) in [6.45, 7) is 5.55. The Morgan fingerprint density at radius 3 is 2.59 bits per heavy atom. The standard InChI is InChI=1S/C16H21N5O/c1-11(2)20-7-8-21(16(20)22)13-6-4-5-12(9-13)14-10-15(17)19(3)18-14/h4-6,9-11H,7-8,17H2,1-3H3. The van der Waals surface area contributed by atoms with Crippen molar-refractivity contribution in [3.05, 3.63) is 30.3 Å². The lowest BCUT2D eigenvalue weighted by Crippen LogP contribution is -2.36. The number of hydrogen-bond donors (Lipinski definition) is 1. The van der Waals surface area contributed by atoms with Crippen LogP contribution in [-0.2, 0) is 7.05 Å². The number of urea groups is 1. The van der Waals surface area contributed by atoms with Gasteiger partial charge in [-0.1, -0.05) is 12.1 Å². The molecule has 116 valence electrons. The second kappa shape index (κ2) is 5.36. The summed E-state index contributed by atoms with van der Waals surface area (Å²) in [7, 11) is 1.81. The van der Waals surface area contributed by atoms with Crippen molar-refractivity contribution in [1.82, 2.24) is 14.7 Å². The molecule has 6 nitrogen and oxygen atoms in total. The monoisotopic (exact) mass is 299 g/mol. The summed E-state index contributed by atoms with van der Waals surface area (Å²) >= 11 is 0. The average molecular weight is 299 g/mol. The van der Waals surface area contributed by atoms with Gasteiger partial charge in [0, 0.05) is 43.5 Å². The number of aryl methyl sites for hydroxylation is 1. The second-order valence-corrected chi connectivity index (χ2v) is 5.85. The number of rotatable bonds is 3. The molecule has 2 aromatic rings. The number of hydrogen-bond acceptors (Lipinski definition) is 3. The van der Waals surface area contributed by atoms with Gasteiger partial charge in [0.25, 0.3) is 0 Å². The molecule has 0 spiro atoms. The van der Waals surface area contributed by atoms with Crippen LogP contribution in [0.25, 0.3) is 11.3 Å². The van der Waals surface area contributed by atoms with Crippen molar-refractivity contribution in [2.75, 3.05) is 23.7 Å². The first kappa shape index (κ1) is 14.4. The molecular formula is C16H21N5O. The second-order valence-electron chi connectivity index (χ2n) is 5.85. The highest BCUT2D eigenvalue weighted by atomic mass is 16.2. The Hall–Kier alpha value is -2.50.